The van der Waals surface area contributed by atoms with Gasteiger partial charge in [0.15, 0.2) is 11.3 Å². The maximum atomic E-state index is 13.6. The van der Waals surface area contributed by atoms with Crippen LogP contribution in [0.15, 0.2) is 90.0 Å². The Morgan fingerprint density at radius 3 is 2.34 bits per heavy atom. The van der Waals surface area contributed by atoms with Crippen molar-refractivity contribution in [2.45, 2.75) is 6.54 Å². The van der Waals surface area contributed by atoms with Crippen LogP contribution in [-0.2, 0) is 6.54 Å². The molecule has 6 nitrogen and oxygen atoms in total. The molecule has 3 aromatic carbocycles. The lowest BCUT2D eigenvalue weighted by molar-refractivity contribution is 0.747. The predicted octanol–water partition coefficient (Wildman–Crippen LogP) is 4.99. The third-order valence-electron chi connectivity index (χ3n) is 5.49. The van der Waals surface area contributed by atoms with E-state index in [1.54, 1.807) is 17.0 Å². The van der Waals surface area contributed by atoms with Crippen molar-refractivity contribution in [3.05, 3.63) is 106 Å². The van der Waals surface area contributed by atoms with E-state index in [1.165, 1.54) is 0 Å². The maximum absolute atomic E-state index is 13.6. The topological polar surface area (TPSA) is 65.6 Å². The fourth-order valence-corrected chi connectivity index (χ4v) is 4.21. The Kier molecular flexibility index (Phi) is 4.26. The highest BCUT2D eigenvalue weighted by Crippen LogP contribution is 2.29. The van der Waals surface area contributed by atoms with E-state index in [4.69, 9.17) is 21.6 Å². The number of hydrogen-bond acceptors (Lipinski definition) is 4. The van der Waals surface area contributed by atoms with Gasteiger partial charge in [-0.25, -0.2) is 15.0 Å². The summed E-state index contributed by atoms with van der Waals surface area (Å²) in [5.41, 5.74) is 4.71. The first kappa shape index (κ1) is 18.7. The van der Waals surface area contributed by atoms with Gasteiger partial charge in [0.2, 0.25) is 0 Å². The van der Waals surface area contributed by atoms with E-state index < -0.39 is 0 Å². The van der Waals surface area contributed by atoms with Crippen molar-refractivity contribution in [3.63, 3.8) is 0 Å². The molecule has 32 heavy (non-hydrogen) atoms. The summed E-state index contributed by atoms with van der Waals surface area (Å²) in [4.78, 5) is 27.9. The van der Waals surface area contributed by atoms with Crippen molar-refractivity contribution in [1.29, 1.82) is 0 Å². The summed E-state index contributed by atoms with van der Waals surface area (Å²) in [6, 6.07) is 24.9. The summed E-state index contributed by atoms with van der Waals surface area (Å²) in [7, 11) is 0. The van der Waals surface area contributed by atoms with Crippen molar-refractivity contribution in [1.82, 2.24) is 24.1 Å². The van der Waals surface area contributed by atoms with Crippen LogP contribution in [0, 0.1) is 0 Å². The summed E-state index contributed by atoms with van der Waals surface area (Å²) in [6.07, 6.45) is 1.58. The average Bonchev–Trinajstić information content (AvgIpc) is 3.14. The number of benzene rings is 3. The molecule has 0 amide bonds. The molecule has 0 aliphatic carbocycles. The average molecular weight is 438 g/mol. The van der Waals surface area contributed by atoms with Crippen LogP contribution in [0.2, 0.25) is 5.02 Å². The molecule has 0 aliphatic rings. The number of nitrogens with zero attached hydrogens (tertiary/aromatic N) is 5. The number of fused-ring (bicyclic) bond motifs is 4. The molecule has 0 spiro atoms. The number of rotatable bonds is 3. The van der Waals surface area contributed by atoms with Gasteiger partial charge in [-0.05, 0) is 35.9 Å². The second-order valence-corrected chi connectivity index (χ2v) is 8.00. The molecule has 0 atom stereocenters. The maximum Gasteiger partial charge on any atom is 0.265 e. The lowest BCUT2D eigenvalue weighted by Crippen LogP contribution is -2.21. The van der Waals surface area contributed by atoms with E-state index in [2.05, 4.69) is 4.98 Å². The number of hydrogen-bond donors (Lipinski definition) is 0. The van der Waals surface area contributed by atoms with Gasteiger partial charge >= 0.3 is 0 Å². The van der Waals surface area contributed by atoms with Crippen molar-refractivity contribution >= 4 is 44.8 Å². The summed E-state index contributed by atoms with van der Waals surface area (Å²) in [6.45, 7) is 0.424. The van der Waals surface area contributed by atoms with Crippen LogP contribution in [0.4, 0.5) is 0 Å². The van der Waals surface area contributed by atoms with Gasteiger partial charge in [0.1, 0.15) is 17.2 Å². The lowest BCUT2D eigenvalue weighted by atomic mass is 10.2. The summed E-state index contributed by atoms with van der Waals surface area (Å²) in [5.74, 6) is 0. The highest BCUT2D eigenvalue weighted by Gasteiger charge is 2.21. The largest absolute Gasteiger partial charge is 0.294 e. The lowest BCUT2D eigenvalue weighted by Gasteiger charge is -2.08. The Morgan fingerprint density at radius 1 is 0.812 bits per heavy atom. The monoisotopic (exact) mass is 437 g/mol. The minimum atomic E-state index is -0.158. The quantitative estimate of drug-likeness (QED) is 0.391. The van der Waals surface area contributed by atoms with Crippen molar-refractivity contribution in [3.8, 4) is 5.69 Å². The van der Waals surface area contributed by atoms with Crippen LogP contribution in [0.5, 0.6) is 0 Å². The normalized spacial score (nSPS) is 11.5. The molecule has 6 aromatic rings. The van der Waals surface area contributed by atoms with Crippen LogP contribution < -0.4 is 5.56 Å². The first-order chi connectivity index (χ1) is 15.7. The predicted molar refractivity (Wildman–Crippen MR) is 126 cm³/mol. The zero-order valence-electron chi connectivity index (χ0n) is 16.8. The first-order valence-electron chi connectivity index (χ1n) is 10.2. The minimum absolute atomic E-state index is 0.158. The Bertz CT molecular complexity index is 1690. The molecule has 3 heterocycles. The van der Waals surface area contributed by atoms with E-state index >= 15 is 0 Å². The number of aromatic nitrogens is 5. The highest BCUT2D eigenvalue weighted by molar-refractivity contribution is 6.30. The fraction of sp³-hybridized carbons (Fsp3) is 0.0400. The molecule has 0 saturated carbocycles. The fourth-order valence-electron chi connectivity index (χ4n) is 4.02. The Labute approximate surface area is 187 Å². The molecule has 0 aliphatic heterocycles. The van der Waals surface area contributed by atoms with Gasteiger partial charge in [0.25, 0.3) is 5.56 Å². The number of halogens is 1. The zero-order chi connectivity index (χ0) is 21.7. The van der Waals surface area contributed by atoms with E-state index in [1.807, 2.05) is 77.4 Å². The second kappa shape index (κ2) is 7.28. The highest BCUT2D eigenvalue weighted by atomic mass is 35.5. The standard InChI is InChI=1S/C25H16ClN5O/c26-17-9-6-10-18(13-17)31-23-21(22-24(31)29-20-12-5-4-11-19(20)28-22)25(32)30(15-27-23)14-16-7-2-1-3-8-16/h1-13,15H,14H2. The van der Waals surface area contributed by atoms with E-state index in [9.17, 15) is 4.79 Å². The van der Waals surface area contributed by atoms with Gasteiger partial charge in [-0.2, -0.15) is 0 Å². The van der Waals surface area contributed by atoms with Crippen LogP contribution >= 0.6 is 11.6 Å². The molecule has 0 saturated heterocycles. The molecule has 0 N–H and O–H groups in total. The smallest absolute Gasteiger partial charge is 0.265 e. The van der Waals surface area contributed by atoms with Gasteiger partial charge in [0.05, 0.1) is 23.3 Å². The Hall–Kier alpha value is -4.03. The van der Waals surface area contributed by atoms with Crippen LogP contribution in [0.1, 0.15) is 5.56 Å². The molecule has 3 aromatic heterocycles. The molecule has 0 fully saturated rings. The van der Waals surface area contributed by atoms with Crippen molar-refractivity contribution in [2.24, 2.45) is 0 Å². The number of para-hydroxylation sites is 2. The van der Waals surface area contributed by atoms with Gasteiger partial charge in [-0.3, -0.25) is 13.9 Å². The van der Waals surface area contributed by atoms with Gasteiger partial charge in [-0.15, -0.1) is 0 Å². The van der Waals surface area contributed by atoms with Crippen molar-refractivity contribution < 1.29 is 0 Å². The molecule has 0 radical (unpaired) electrons. The third-order valence-corrected chi connectivity index (χ3v) is 5.73. The Morgan fingerprint density at radius 2 is 1.56 bits per heavy atom. The summed E-state index contributed by atoms with van der Waals surface area (Å²) < 4.78 is 3.46. The van der Waals surface area contributed by atoms with Crippen LogP contribution in [-0.4, -0.2) is 24.1 Å². The molecular formula is C25H16ClN5O. The van der Waals surface area contributed by atoms with Gasteiger partial charge in [-0.1, -0.05) is 60.1 Å². The molecule has 0 unspecified atom stereocenters. The SMILES string of the molecule is O=c1c2c3nc4ccccc4nc3n(-c3cccc(Cl)c3)c2ncn1Cc1ccccc1. The van der Waals surface area contributed by atoms with Crippen LogP contribution in [0.25, 0.3) is 38.9 Å². The van der Waals surface area contributed by atoms with E-state index in [0.717, 1.165) is 22.3 Å². The molecule has 6 rings (SSSR count). The second-order valence-electron chi connectivity index (χ2n) is 7.56. The molecular weight excluding hydrogens is 422 g/mol. The molecule has 7 heteroatoms. The first-order valence-corrected chi connectivity index (χ1v) is 10.5. The molecule has 154 valence electrons. The zero-order valence-corrected chi connectivity index (χ0v) is 17.6. The minimum Gasteiger partial charge on any atom is -0.294 e. The summed E-state index contributed by atoms with van der Waals surface area (Å²) in [5, 5.41) is 1.03. The third kappa shape index (κ3) is 2.96. The molecule has 0 bridgehead atoms. The Balaban J connectivity index is 1.71. The summed E-state index contributed by atoms with van der Waals surface area (Å²) >= 11 is 6.27. The van der Waals surface area contributed by atoms with Gasteiger partial charge in [0, 0.05) is 5.02 Å². The van der Waals surface area contributed by atoms with Crippen LogP contribution in [0.3, 0.4) is 0 Å². The van der Waals surface area contributed by atoms with E-state index in [-0.39, 0.29) is 5.56 Å². The van der Waals surface area contributed by atoms with Gasteiger partial charge < -0.3 is 0 Å². The van der Waals surface area contributed by atoms with Crippen molar-refractivity contribution in [2.75, 3.05) is 0 Å². The van der Waals surface area contributed by atoms with E-state index in [0.29, 0.717) is 33.8 Å².